The van der Waals surface area contributed by atoms with E-state index in [-0.39, 0.29) is 0 Å². The SMILES string of the molecule is Cc1ccc(Cn2cccc2C(=O)C(=O)Nc2cc(C)ccc2C)cc1. The highest BCUT2D eigenvalue weighted by Crippen LogP contribution is 2.17. The summed E-state index contributed by atoms with van der Waals surface area (Å²) in [4.78, 5) is 25.1. The van der Waals surface area contributed by atoms with Gasteiger partial charge >= 0.3 is 0 Å². The number of ketones is 1. The molecular formula is C22H22N2O2. The lowest BCUT2D eigenvalue weighted by Gasteiger charge is -2.11. The van der Waals surface area contributed by atoms with Crippen molar-refractivity contribution in [1.29, 1.82) is 0 Å². The monoisotopic (exact) mass is 346 g/mol. The molecule has 1 heterocycles. The predicted octanol–water partition coefficient (Wildman–Crippen LogP) is 4.28. The lowest BCUT2D eigenvalue weighted by molar-refractivity contribution is -0.112. The maximum absolute atomic E-state index is 12.6. The molecule has 4 heteroatoms. The van der Waals surface area contributed by atoms with Crippen LogP contribution >= 0.6 is 0 Å². The number of rotatable bonds is 5. The molecule has 0 bridgehead atoms. The third-order valence-corrected chi connectivity index (χ3v) is 4.38. The zero-order chi connectivity index (χ0) is 18.7. The number of Topliss-reactive ketones (excluding diaryl/α,β-unsaturated/α-hetero) is 1. The normalized spacial score (nSPS) is 10.6. The topological polar surface area (TPSA) is 51.1 Å². The highest BCUT2D eigenvalue weighted by molar-refractivity contribution is 6.46. The summed E-state index contributed by atoms with van der Waals surface area (Å²) in [6.07, 6.45) is 1.82. The zero-order valence-corrected chi connectivity index (χ0v) is 15.2. The molecule has 0 aliphatic heterocycles. The maximum atomic E-state index is 12.6. The Kier molecular flexibility index (Phi) is 5.03. The Labute approximate surface area is 153 Å². The molecule has 1 aromatic heterocycles. The Bertz CT molecular complexity index is 953. The minimum Gasteiger partial charge on any atom is -0.340 e. The second-order valence-corrected chi connectivity index (χ2v) is 6.61. The number of hydrogen-bond donors (Lipinski definition) is 1. The van der Waals surface area contributed by atoms with Gasteiger partial charge in [0.05, 0.1) is 5.69 Å². The van der Waals surface area contributed by atoms with E-state index in [1.54, 1.807) is 16.7 Å². The summed E-state index contributed by atoms with van der Waals surface area (Å²) < 4.78 is 1.80. The van der Waals surface area contributed by atoms with Gasteiger partial charge in [0.15, 0.2) is 0 Å². The van der Waals surface area contributed by atoms with Crippen molar-refractivity contribution in [3.8, 4) is 0 Å². The van der Waals surface area contributed by atoms with E-state index in [0.29, 0.717) is 17.9 Å². The highest BCUT2D eigenvalue weighted by atomic mass is 16.2. The molecule has 0 saturated carbocycles. The fourth-order valence-corrected chi connectivity index (χ4v) is 2.81. The van der Waals surface area contributed by atoms with Gasteiger partial charge in [-0.15, -0.1) is 0 Å². The summed E-state index contributed by atoms with van der Waals surface area (Å²) in [6.45, 7) is 6.43. The molecule has 4 nitrogen and oxygen atoms in total. The first-order valence-electron chi connectivity index (χ1n) is 8.57. The molecule has 2 aromatic carbocycles. The quantitative estimate of drug-likeness (QED) is 0.554. The lowest BCUT2D eigenvalue weighted by atomic mass is 10.1. The van der Waals surface area contributed by atoms with E-state index in [4.69, 9.17) is 0 Å². The summed E-state index contributed by atoms with van der Waals surface area (Å²) in [5.74, 6) is -1.16. The van der Waals surface area contributed by atoms with Crippen LogP contribution in [0.25, 0.3) is 0 Å². The summed E-state index contributed by atoms with van der Waals surface area (Å²) in [6, 6.07) is 17.4. The molecule has 0 spiro atoms. The third-order valence-electron chi connectivity index (χ3n) is 4.38. The number of amides is 1. The van der Waals surface area contributed by atoms with Crippen molar-refractivity contribution >= 4 is 17.4 Å². The van der Waals surface area contributed by atoms with E-state index in [1.807, 2.05) is 69.4 Å². The van der Waals surface area contributed by atoms with Crippen LogP contribution in [0.2, 0.25) is 0 Å². The number of carbonyl (C=O) groups excluding carboxylic acids is 2. The molecule has 3 aromatic rings. The van der Waals surface area contributed by atoms with Crippen molar-refractivity contribution in [2.75, 3.05) is 5.32 Å². The largest absolute Gasteiger partial charge is 0.340 e. The van der Waals surface area contributed by atoms with Gasteiger partial charge in [-0.3, -0.25) is 9.59 Å². The van der Waals surface area contributed by atoms with Crippen molar-refractivity contribution in [2.24, 2.45) is 0 Å². The Balaban J connectivity index is 1.77. The minimum atomic E-state index is -0.623. The number of nitrogens with zero attached hydrogens (tertiary/aromatic N) is 1. The lowest BCUT2D eigenvalue weighted by Crippen LogP contribution is -2.25. The molecule has 132 valence electrons. The second kappa shape index (κ2) is 7.40. The summed E-state index contributed by atoms with van der Waals surface area (Å²) in [5.41, 5.74) is 5.27. The van der Waals surface area contributed by atoms with Gasteiger partial charge in [0, 0.05) is 18.4 Å². The Morgan fingerprint density at radius 3 is 2.35 bits per heavy atom. The Morgan fingerprint density at radius 1 is 0.923 bits per heavy atom. The van der Waals surface area contributed by atoms with E-state index >= 15 is 0 Å². The van der Waals surface area contributed by atoms with Crippen molar-refractivity contribution in [3.05, 3.63) is 88.7 Å². The molecular weight excluding hydrogens is 324 g/mol. The predicted molar refractivity (Wildman–Crippen MR) is 104 cm³/mol. The first-order chi connectivity index (χ1) is 12.4. The highest BCUT2D eigenvalue weighted by Gasteiger charge is 2.20. The molecule has 0 fully saturated rings. The molecule has 0 atom stereocenters. The van der Waals surface area contributed by atoms with Crippen molar-refractivity contribution in [2.45, 2.75) is 27.3 Å². The fourth-order valence-electron chi connectivity index (χ4n) is 2.81. The fraction of sp³-hybridized carbons (Fsp3) is 0.182. The minimum absolute atomic E-state index is 0.383. The van der Waals surface area contributed by atoms with E-state index in [1.165, 1.54) is 5.56 Å². The van der Waals surface area contributed by atoms with Gasteiger partial charge in [-0.05, 0) is 55.7 Å². The van der Waals surface area contributed by atoms with Gasteiger partial charge < -0.3 is 9.88 Å². The second-order valence-electron chi connectivity index (χ2n) is 6.61. The van der Waals surface area contributed by atoms with E-state index in [2.05, 4.69) is 5.32 Å². The molecule has 0 unspecified atom stereocenters. The molecule has 1 N–H and O–H groups in total. The molecule has 0 aliphatic carbocycles. The summed E-state index contributed by atoms with van der Waals surface area (Å²) in [7, 11) is 0. The number of aromatic nitrogens is 1. The summed E-state index contributed by atoms with van der Waals surface area (Å²) >= 11 is 0. The molecule has 0 saturated heterocycles. The number of carbonyl (C=O) groups is 2. The average molecular weight is 346 g/mol. The van der Waals surface area contributed by atoms with Crippen LogP contribution in [0.4, 0.5) is 5.69 Å². The van der Waals surface area contributed by atoms with E-state index < -0.39 is 11.7 Å². The molecule has 26 heavy (non-hydrogen) atoms. The van der Waals surface area contributed by atoms with Crippen LogP contribution in [0.1, 0.15) is 32.7 Å². The van der Waals surface area contributed by atoms with Crippen molar-refractivity contribution < 1.29 is 9.59 Å². The van der Waals surface area contributed by atoms with Crippen LogP contribution < -0.4 is 5.32 Å². The van der Waals surface area contributed by atoms with Gasteiger partial charge in [0.2, 0.25) is 0 Å². The number of hydrogen-bond acceptors (Lipinski definition) is 2. The van der Waals surface area contributed by atoms with Crippen LogP contribution in [0.3, 0.4) is 0 Å². The van der Waals surface area contributed by atoms with Crippen LogP contribution in [0.15, 0.2) is 60.8 Å². The van der Waals surface area contributed by atoms with E-state index in [9.17, 15) is 9.59 Å². The van der Waals surface area contributed by atoms with Crippen LogP contribution in [0, 0.1) is 20.8 Å². The summed E-state index contributed by atoms with van der Waals surface area (Å²) in [5, 5.41) is 2.74. The van der Waals surface area contributed by atoms with Crippen molar-refractivity contribution in [3.63, 3.8) is 0 Å². The number of aryl methyl sites for hydroxylation is 3. The average Bonchev–Trinajstić information content (AvgIpc) is 3.07. The molecule has 1 amide bonds. The molecule has 0 radical (unpaired) electrons. The van der Waals surface area contributed by atoms with Crippen LogP contribution in [-0.4, -0.2) is 16.3 Å². The zero-order valence-electron chi connectivity index (χ0n) is 15.2. The Hall–Kier alpha value is -3.14. The molecule has 0 aliphatic rings. The number of benzene rings is 2. The van der Waals surface area contributed by atoms with Crippen molar-refractivity contribution in [1.82, 2.24) is 4.57 Å². The first kappa shape index (κ1) is 17.7. The van der Waals surface area contributed by atoms with Crippen LogP contribution in [-0.2, 0) is 11.3 Å². The van der Waals surface area contributed by atoms with Gasteiger partial charge in [-0.1, -0.05) is 42.0 Å². The standard InChI is InChI=1S/C22H22N2O2/c1-15-7-10-18(11-8-15)14-24-12-4-5-20(24)21(25)22(26)23-19-13-16(2)6-9-17(19)3/h4-13H,14H2,1-3H3,(H,23,26). The van der Waals surface area contributed by atoms with Gasteiger partial charge in [-0.25, -0.2) is 0 Å². The van der Waals surface area contributed by atoms with Gasteiger partial charge in [-0.2, -0.15) is 0 Å². The van der Waals surface area contributed by atoms with Gasteiger partial charge in [0.1, 0.15) is 0 Å². The molecule has 3 rings (SSSR count). The van der Waals surface area contributed by atoms with Gasteiger partial charge in [0.25, 0.3) is 11.7 Å². The number of anilines is 1. The third kappa shape index (κ3) is 3.91. The first-order valence-corrected chi connectivity index (χ1v) is 8.57. The van der Waals surface area contributed by atoms with Crippen LogP contribution in [0.5, 0.6) is 0 Å². The maximum Gasteiger partial charge on any atom is 0.298 e. The smallest absolute Gasteiger partial charge is 0.298 e. The number of nitrogens with one attached hydrogen (secondary N) is 1. The van der Waals surface area contributed by atoms with E-state index in [0.717, 1.165) is 16.7 Å². The Morgan fingerprint density at radius 2 is 1.62 bits per heavy atom.